The van der Waals surface area contributed by atoms with Gasteiger partial charge in [-0.3, -0.25) is 0 Å². The fourth-order valence-electron chi connectivity index (χ4n) is 2.93. The number of nitrogens with zero attached hydrogens (tertiary/aromatic N) is 1. The number of hydrogen-bond acceptors (Lipinski definition) is 5. The molecule has 0 bridgehead atoms. The first kappa shape index (κ1) is 13.3. The topological polar surface area (TPSA) is 71.7 Å². The van der Waals surface area contributed by atoms with E-state index in [-0.39, 0.29) is 29.8 Å². The minimum Gasteiger partial charge on any atom is -0.463 e. The SMILES string of the molecule is NC1=NC(C(c2ccc(F)cc2)C2CNCCN2)CO1. The fraction of sp³-hybridized carbons (Fsp3) is 0.500. The van der Waals surface area contributed by atoms with E-state index in [2.05, 4.69) is 15.6 Å². The van der Waals surface area contributed by atoms with E-state index in [0.717, 1.165) is 25.2 Å². The lowest BCUT2D eigenvalue weighted by Gasteiger charge is -2.34. The van der Waals surface area contributed by atoms with Crippen LogP contribution in [-0.4, -0.2) is 44.3 Å². The lowest BCUT2D eigenvalue weighted by Crippen LogP contribution is -2.53. The third-order valence-corrected chi connectivity index (χ3v) is 3.87. The van der Waals surface area contributed by atoms with Crippen LogP contribution in [0.15, 0.2) is 29.3 Å². The maximum absolute atomic E-state index is 13.1. The number of hydrogen-bond donors (Lipinski definition) is 3. The zero-order valence-electron chi connectivity index (χ0n) is 11.2. The molecule has 0 amide bonds. The Morgan fingerprint density at radius 1 is 1.30 bits per heavy atom. The highest BCUT2D eigenvalue weighted by Gasteiger charge is 2.34. The minimum absolute atomic E-state index is 0.0298. The lowest BCUT2D eigenvalue weighted by molar-refractivity contribution is 0.265. The van der Waals surface area contributed by atoms with Crippen molar-refractivity contribution in [2.24, 2.45) is 10.7 Å². The average molecular weight is 278 g/mol. The number of nitrogens with one attached hydrogen (secondary N) is 2. The molecule has 3 atom stereocenters. The Morgan fingerprint density at radius 3 is 2.70 bits per heavy atom. The number of aliphatic imine (C=N–C) groups is 1. The van der Waals surface area contributed by atoms with Gasteiger partial charge in [0.2, 0.25) is 0 Å². The summed E-state index contributed by atoms with van der Waals surface area (Å²) in [5.41, 5.74) is 6.68. The number of piperazine rings is 1. The number of ether oxygens (including phenoxy) is 1. The number of amidine groups is 1. The van der Waals surface area contributed by atoms with Crippen molar-refractivity contribution in [3.05, 3.63) is 35.6 Å². The van der Waals surface area contributed by atoms with Crippen molar-refractivity contribution >= 4 is 6.02 Å². The predicted octanol–water partition coefficient (Wildman–Crippen LogP) is 0.184. The van der Waals surface area contributed by atoms with Crippen LogP contribution in [0.2, 0.25) is 0 Å². The van der Waals surface area contributed by atoms with Gasteiger partial charge in [0.25, 0.3) is 6.02 Å². The molecule has 5 nitrogen and oxygen atoms in total. The van der Waals surface area contributed by atoms with Crippen LogP contribution in [0.3, 0.4) is 0 Å². The van der Waals surface area contributed by atoms with Crippen molar-refractivity contribution in [2.45, 2.75) is 18.0 Å². The largest absolute Gasteiger partial charge is 0.463 e. The van der Waals surface area contributed by atoms with Crippen molar-refractivity contribution in [2.75, 3.05) is 26.2 Å². The Labute approximate surface area is 117 Å². The number of rotatable bonds is 3. The fourth-order valence-corrected chi connectivity index (χ4v) is 2.93. The van der Waals surface area contributed by atoms with Gasteiger partial charge in [-0.05, 0) is 17.7 Å². The van der Waals surface area contributed by atoms with E-state index in [0.29, 0.717) is 6.61 Å². The van der Waals surface area contributed by atoms with Crippen LogP contribution in [0.4, 0.5) is 4.39 Å². The van der Waals surface area contributed by atoms with Crippen LogP contribution in [0.1, 0.15) is 11.5 Å². The van der Waals surface area contributed by atoms with Gasteiger partial charge in [0.15, 0.2) is 0 Å². The second kappa shape index (κ2) is 5.76. The van der Waals surface area contributed by atoms with E-state index >= 15 is 0 Å². The molecule has 2 heterocycles. The molecule has 2 aliphatic rings. The van der Waals surface area contributed by atoms with E-state index in [1.807, 2.05) is 12.1 Å². The summed E-state index contributed by atoms with van der Waals surface area (Å²) in [5, 5.41) is 6.88. The Kier molecular flexibility index (Phi) is 3.84. The third kappa shape index (κ3) is 2.76. The molecule has 1 aromatic rings. The quantitative estimate of drug-likeness (QED) is 0.738. The minimum atomic E-state index is -0.229. The molecular formula is C14H19FN4O. The van der Waals surface area contributed by atoms with Crippen molar-refractivity contribution in [1.29, 1.82) is 0 Å². The monoisotopic (exact) mass is 278 g/mol. The molecule has 1 aromatic carbocycles. The maximum atomic E-state index is 13.1. The van der Waals surface area contributed by atoms with Gasteiger partial charge >= 0.3 is 0 Å². The average Bonchev–Trinajstić information content (AvgIpc) is 2.89. The number of benzene rings is 1. The Balaban J connectivity index is 1.88. The van der Waals surface area contributed by atoms with Crippen molar-refractivity contribution in [3.8, 4) is 0 Å². The van der Waals surface area contributed by atoms with Crippen LogP contribution < -0.4 is 16.4 Å². The van der Waals surface area contributed by atoms with Crippen molar-refractivity contribution < 1.29 is 9.13 Å². The lowest BCUT2D eigenvalue weighted by atomic mass is 9.84. The highest BCUT2D eigenvalue weighted by atomic mass is 19.1. The van der Waals surface area contributed by atoms with Gasteiger partial charge in [-0.25, -0.2) is 9.38 Å². The summed E-state index contributed by atoms with van der Waals surface area (Å²) < 4.78 is 18.4. The van der Waals surface area contributed by atoms with E-state index in [9.17, 15) is 4.39 Å². The van der Waals surface area contributed by atoms with Gasteiger partial charge in [-0.1, -0.05) is 12.1 Å². The molecule has 2 aliphatic heterocycles. The van der Waals surface area contributed by atoms with Gasteiger partial charge in [-0.15, -0.1) is 0 Å². The van der Waals surface area contributed by atoms with Gasteiger partial charge in [0, 0.05) is 31.6 Å². The molecule has 6 heteroatoms. The van der Waals surface area contributed by atoms with Crippen LogP contribution in [0.25, 0.3) is 0 Å². The predicted molar refractivity (Wildman–Crippen MR) is 75.2 cm³/mol. The Bertz CT molecular complexity index is 484. The summed E-state index contributed by atoms with van der Waals surface area (Å²) in [6.45, 7) is 3.20. The molecule has 1 fully saturated rings. The maximum Gasteiger partial charge on any atom is 0.282 e. The summed E-state index contributed by atoms with van der Waals surface area (Å²) in [6, 6.07) is 7.06. The molecule has 0 radical (unpaired) electrons. The smallest absolute Gasteiger partial charge is 0.282 e. The molecule has 4 N–H and O–H groups in total. The van der Waals surface area contributed by atoms with E-state index in [4.69, 9.17) is 10.5 Å². The summed E-state index contributed by atoms with van der Waals surface area (Å²) in [7, 11) is 0. The normalized spacial score (nSPS) is 27.8. The molecule has 0 saturated carbocycles. The first-order valence-corrected chi connectivity index (χ1v) is 6.89. The molecule has 1 saturated heterocycles. The molecule has 0 aromatic heterocycles. The van der Waals surface area contributed by atoms with Gasteiger partial charge in [0.1, 0.15) is 12.4 Å². The van der Waals surface area contributed by atoms with E-state index < -0.39 is 0 Å². The van der Waals surface area contributed by atoms with Crippen LogP contribution in [-0.2, 0) is 4.74 Å². The van der Waals surface area contributed by atoms with Crippen LogP contribution in [0.5, 0.6) is 0 Å². The van der Waals surface area contributed by atoms with E-state index in [1.54, 1.807) is 0 Å². The summed E-state index contributed by atoms with van der Waals surface area (Å²) in [6.07, 6.45) is 0. The molecular weight excluding hydrogens is 259 g/mol. The highest BCUT2D eigenvalue weighted by Crippen LogP contribution is 2.29. The summed E-state index contributed by atoms with van der Waals surface area (Å²) in [4.78, 5) is 4.37. The van der Waals surface area contributed by atoms with Gasteiger partial charge < -0.3 is 21.1 Å². The number of nitrogens with two attached hydrogens (primary N) is 1. The Morgan fingerprint density at radius 2 is 2.10 bits per heavy atom. The van der Waals surface area contributed by atoms with Crippen molar-refractivity contribution in [1.82, 2.24) is 10.6 Å². The standard InChI is InChI=1S/C14H19FN4O/c15-10-3-1-9(2-4-10)13(11-7-17-5-6-18-11)12-8-20-14(16)19-12/h1-4,11-13,17-18H,5-8H2,(H2,16,19). The summed E-state index contributed by atoms with van der Waals surface area (Å²) >= 11 is 0. The number of halogens is 1. The van der Waals surface area contributed by atoms with Gasteiger partial charge in [0.05, 0.1) is 6.04 Å². The zero-order chi connectivity index (χ0) is 13.9. The van der Waals surface area contributed by atoms with Crippen LogP contribution in [0, 0.1) is 5.82 Å². The highest BCUT2D eigenvalue weighted by molar-refractivity contribution is 5.73. The first-order chi connectivity index (χ1) is 9.74. The molecule has 3 unspecified atom stereocenters. The second-order valence-corrected chi connectivity index (χ2v) is 5.19. The summed E-state index contributed by atoms with van der Waals surface area (Å²) in [5.74, 6) is -0.114. The Hall–Kier alpha value is -1.66. The third-order valence-electron chi connectivity index (χ3n) is 3.87. The first-order valence-electron chi connectivity index (χ1n) is 6.89. The zero-order valence-corrected chi connectivity index (χ0v) is 11.2. The van der Waals surface area contributed by atoms with Crippen molar-refractivity contribution in [3.63, 3.8) is 0 Å². The molecule has 108 valence electrons. The molecule has 20 heavy (non-hydrogen) atoms. The van der Waals surface area contributed by atoms with Crippen LogP contribution >= 0.6 is 0 Å². The second-order valence-electron chi connectivity index (χ2n) is 5.19. The van der Waals surface area contributed by atoms with Gasteiger partial charge in [-0.2, -0.15) is 0 Å². The molecule has 0 spiro atoms. The molecule has 0 aliphatic carbocycles. The van der Waals surface area contributed by atoms with E-state index in [1.165, 1.54) is 12.1 Å². The molecule has 3 rings (SSSR count).